The van der Waals surface area contributed by atoms with Crippen molar-refractivity contribution in [1.29, 1.82) is 0 Å². The number of aliphatic hydroxyl groups is 1. The maximum Gasteiger partial charge on any atom is 0.287 e. The van der Waals surface area contributed by atoms with Crippen LogP contribution in [0.15, 0.2) is 12.3 Å². The smallest absolute Gasteiger partial charge is 0.287 e. The summed E-state index contributed by atoms with van der Waals surface area (Å²) in [5.41, 5.74) is 0.0234. The summed E-state index contributed by atoms with van der Waals surface area (Å²) in [4.78, 5) is 24.2. The summed E-state index contributed by atoms with van der Waals surface area (Å²) in [5.74, 6) is -0.305. The zero-order valence-corrected chi connectivity index (χ0v) is 9.76. The number of H-pyrrole nitrogens is 1. The third-order valence-corrected chi connectivity index (χ3v) is 3.27. The van der Waals surface area contributed by atoms with E-state index in [4.69, 9.17) is 0 Å². The van der Waals surface area contributed by atoms with Crippen LogP contribution in [0.5, 0.6) is 0 Å². The lowest BCUT2D eigenvalue weighted by atomic mass is 10.1. The number of nitro groups is 1. The third-order valence-electron chi connectivity index (χ3n) is 3.27. The van der Waals surface area contributed by atoms with Gasteiger partial charge in [-0.2, -0.15) is 0 Å². The second kappa shape index (κ2) is 5.18. The first-order chi connectivity index (χ1) is 8.58. The highest BCUT2D eigenvalue weighted by molar-refractivity contribution is 5.93. The van der Waals surface area contributed by atoms with E-state index in [1.807, 2.05) is 0 Å². The summed E-state index contributed by atoms with van der Waals surface area (Å²) < 4.78 is 0. The molecule has 1 fully saturated rings. The summed E-state index contributed by atoms with van der Waals surface area (Å²) in [7, 11) is 0. The SMILES string of the molecule is O=C(NCC1CCCC1O)c1cc([N+](=O)[O-])c[nH]1. The maximum absolute atomic E-state index is 11.7. The minimum atomic E-state index is -0.562. The average Bonchev–Trinajstić information content (AvgIpc) is 2.94. The van der Waals surface area contributed by atoms with Crippen LogP contribution in [-0.4, -0.2) is 33.6 Å². The van der Waals surface area contributed by atoms with Crippen molar-refractivity contribution < 1.29 is 14.8 Å². The van der Waals surface area contributed by atoms with Gasteiger partial charge in [-0.05, 0) is 12.8 Å². The van der Waals surface area contributed by atoms with Crippen molar-refractivity contribution in [2.75, 3.05) is 6.54 Å². The number of aliphatic hydroxyl groups excluding tert-OH is 1. The normalized spacial score (nSPS) is 22.9. The molecule has 3 N–H and O–H groups in total. The summed E-state index contributed by atoms with van der Waals surface area (Å²) in [6.07, 6.45) is 3.46. The number of aromatic amines is 1. The van der Waals surface area contributed by atoms with Gasteiger partial charge in [-0.1, -0.05) is 6.42 Å². The van der Waals surface area contributed by atoms with Gasteiger partial charge in [0.2, 0.25) is 0 Å². The monoisotopic (exact) mass is 253 g/mol. The predicted octanol–water partition coefficient (Wildman–Crippen LogP) is 0.814. The van der Waals surface area contributed by atoms with E-state index in [1.165, 1.54) is 12.3 Å². The first-order valence-electron chi connectivity index (χ1n) is 5.87. The largest absolute Gasteiger partial charge is 0.393 e. The van der Waals surface area contributed by atoms with Crippen molar-refractivity contribution in [3.8, 4) is 0 Å². The third kappa shape index (κ3) is 2.67. The molecule has 0 aromatic carbocycles. The number of hydrogen-bond acceptors (Lipinski definition) is 4. The Balaban J connectivity index is 1.89. The zero-order chi connectivity index (χ0) is 13.1. The Labute approximate surface area is 103 Å². The molecule has 0 bridgehead atoms. The summed E-state index contributed by atoms with van der Waals surface area (Å²) in [5, 5.41) is 22.7. The summed E-state index contributed by atoms with van der Waals surface area (Å²) in [6.45, 7) is 0.396. The molecule has 7 heteroatoms. The number of carbonyl (C=O) groups excluding carboxylic acids is 1. The average molecular weight is 253 g/mol. The van der Waals surface area contributed by atoms with Crippen LogP contribution in [0.4, 0.5) is 5.69 Å². The lowest BCUT2D eigenvalue weighted by Gasteiger charge is -2.14. The van der Waals surface area contributed by atoms with Gasteiger partial charge in [0.15, 0.2) is 0 Å². The van der Waals surface area contributed by atoms with Crippen LogP contribution in [-0.2, 0) is 0 Å². The minimum absolute atomic E-state index is 0.0823. The van der Waals surface area contributed by atoms with Gasteiger partial charge in [-0.3, -0.25) is 14.9 Å². The number of hydrogen-bond donors (Lipinski definition) is 3. The molecular formula is C11H15N3O4. The number of nitrogens with one attached hydrogen (secondary N) is 2. The first-order valence-corrected chi connectivity index (χ1v) is 5.87. The van der Waals surface area contributed by atoms with Gasteiger partial charge in [0.05, 0.1) is 17.2 Å². The highest BCUT2D eigenvalue weighted by Crippen LogP contribution is 2.24. The van der Waals surface area contributed by atoms with Crippen molar-refractivity contribution in [2.24, 2.45) is 5.92 Å². The zero-order valence-electron chi connectivity index (χ0n) is 9.76. The van der Waals surface area contributed by atoms with Gasteiger partial charge in [-0.15, -0.1) is 0 Å². The van der Waals surface area contributed by atoms with E-state index in [0.29, 0.717) is 6.54 Å². The predicted molar refractivity (Wildman–Crippen MR) is 63.1 cm³/mol. The second-order valence-electron chi connectivity index (χ2n) is 4.50. The van der Waals surface area contributed by atoms with Crippen molar-refractivity contribution in [1.82, 2.24) is 10.3 Å². The molecular weight excluding hydrogens is 238 g/mol. The van der Waals surface area contributed by atoms with Crippen LogP contribution in [0.3, 0.4) is 0 Å². The van der Waals surface area contributed by atoms with Crippen LogP contribution in [0.25, 0.3) is 0 Å². The molecule has 2 atom stereocenters. The molecule has 1 amide bonds. The van der Waals surface area contributed by atoms with E-state index < -0.39 is 4.92 Å². The molecule has 98 valence electrons. The molecule has 0 saturated heterocycles. The van der Waals surface area contributed by atoms with Crippen LogP contribution in [0.2, 0.25) is 0 Å². The molecule has 0 spiro atoms. The Morgan fingerprint density at radius 1 is 1.61 bits per heavy atom. The van der Waals surface area contributed by atoms with E-state index in [0.717, 1.165) is 19.3 Å². The second-order valence-corrected chi connectivity index (χ2v) is 4.50. The van der Waals surface area contributed by atoms with Gasteiger partial charge < -0.3 is 15.4 Å². The highest BCUT2D eigenvalue weighted by Gasteiger charge is 2.25. The van der Waals surface area contributed by atoms with Crippen molar-refractivity contribution in [3.05, 3.63) is 28.1 Å². The first kappa shape index (κ1) is 12.6. The minimum Gasteiger partial charge on any atom is -0.393 e. The fraction of sp³-hybridized carbons (Fsp3) is 0.545. The Hall–Kier alpha value is -1.89. The van der Waals surface area contributed by atoms with E-state index in [1.54, 1.807) is 0 Å². The van der Waals surface area contributed by atoms with Gasteiger partial charge >= 0.3 is 0 Å². The number of amides is 1. The number of aromatic nitrogens is 1. The number of carbonyl (C=O) groups is 1. The standard InChI is InChI=1S/C11H15N3O4/c15-10-3-1-2-7(10)5-13-11(16)9-4-8(6-12-9)14(17)18/h4,6-7,10,12,15H,1-3,5H2,(H,13,16). The van der Waals surface area contributed by atoms with Crippen LogP contribution >= 0.6 is 0 Å². The van der Waals surface area contributed by atoms with Crippen molar-refractivity contribution >= 4 is 11.6 Å². The Bertz CT molecular complexity index is 457. The van der Waals surface area contributed by atoms with Crippen molar-refractivity contribution in [3.63, 3.8) is 0 Å². The number of rotatable bonds is 4. The van der Waals surface area contributed by atoms with Crippen LogP contribution in [0, 0.1) is 16.0 Å². The van der Waals surface area contributed by atoms with E-state index in [9.17, 15) is 20.0 Å². The van der Waals surface area contributed by atoms with Crippen molar-refractivity contribution in [2.45, 2.75) is 25.4 Å². The molecule has 2 rings (SSSR count). The lowest BCUT2D eigenvalue weighted by molar-refractivity contribution is -0.384. The lowest BCUT2D eigenvalue weighted by Crippen LogP contribution is -2.32. The maximum atomic E-state index is 11.7. The van der Waals surface area contributed by atoms with Gasteiger partial charge in [0.25, 0.3) is 11.6 Å². The van der Waals surface area contributed by atoms with Gasteiger partial charge in [0, 0.05) is 18.5 Å². The highest BCUT2D eigenvalue weighted by atomic mass is 16.6. The molecule has 0 aliphatic heterocycles. The van der Waals surface area contributed by atoms with Gasteiger partial charge in [0.1, 0.15) is 5.69 Å². The van der Waals surface area contributed by atoms with Crippen LogP contribution < -0.4 is 5.32 Å². The molecule has 1 aromatic rings. The summed E-state index contributed by atoms with van der Waals surface area (Å²) >= 11 is 0. The van der Waals surface area contributed by atoms with E-state index >= 15 is 0 Å². The van der Waals surface area contributed by atoms with E-state index in [-0.39, 0.29) is 29.3 Å². The molecule has 18 heavy (non-hydrogen) atoms. The van der Waals surface area contributed by atoms with E-state index in [2.05, 4.69) is 10.3 Å². The number of nitrogens with zero attached hydrogens (tertiary/aromatic N) is 1. The fourth-order valence-electron chi connectivity index (χ4n) is 2.19. The van der Waals surface area contributed by atoms with Crippen LogP contribution in [0.1, 0.15) is 29.8 Å². The Morgan fingerprint density at radius 3 is 2.94 bits per heavy atom. The molecule has 1 heterocycles. The molecule has 0 radical (unpaired) electrons. The Morgan fingerprint density at radius 2 is 2.39 bits per heavy atom. The molecule has 1 aliphatic rings. The fourth-order valence-corrected chi connectivity index (χ4v) is 2.19. The molecule has 2 unspecified atom stereocenters. The summed E-state index contributed by atoms with van der Waals surface area (Å²) in [6, 6.07) is 1.19. The van der Waals surface area contributed by atoms with Gasteiger partial charge in [-0.25, -0.2) is 0 Å². The molecule has 1 aliphatic carbocycles. The molecule has 1 saturated carbocycles. The molecule has 1 aromatic heterocycles. The Kier molecular flexibility index (Phi) is 3.61. The topological polar surface area (TPSA) is 108 Å². The molecule has 7 nitrogen and oxygen atoms in total. The quantitative estimate of drug-likeness (QED) is 0.545.